The summed E-state index contributed by atoms with van der Waals surface area (Å²) in [4.78, 5) is 0. The van der Waals surface area contributed by atoms with Crippen molar-refractivity contribution in [3.05, 3.63) is 36.0 Å². The smallest absolute Gasteiger partial charge is 0.396 e. The SMILES string of the molecule is Nc1cn(C2CCCC2)nc1-c1cccc(C(F)(F)F)c1. The zero-order chi connectivity index (χ0) is 15.0. The maximum Gasteiger partial charge on any atom is 0.416 e. The van der Waals surface area contributed by atoms with Gasteiger partial charge >= 0.3 is 6.18 Å². The molecule has 2 N–H and O–H groups in total. The maximum absolute atomic E-state index is 12.8. The van der Waals surface area contributed by atoms with Crippen LogP contribution in [0.1, 0.15) is 37.3 Å². The van der Waals surface area contributed by atoms with Gasteiger partial charge in [0.2, 0.25) is 0 Å². The van der Waals surface area contributed by atoms with E-state index in [1.807, 2.05) is 0 Å². The van der Waals surface area contributed by atoms with E-state index in [4.69, 9.17) is 5.73 Å². The number of nitrogens with zero attached hydrogens (tertiary/aromatic N) is 2. The monoisotopic (exact) mass is 295 g/mol. The molecule has 1 aliphatic rings. The number of rotatable bonds is 2. The molecule has 21 heavy (non-hydrogen) atoms. The average Bonchev–Trinajstić information content (AvgIpc) is 3.07. The van der Waals surface area contributed by atoms with Gasteiger partial charge in [-0.1, -0.05) is 25.0 Å². The van der Waals surface area contributed by atoms with Crippen LogP contribution >= 0.6 is 0 Å². The topological polar surface area (TPSA) is 43.8 Å². The Morgan fingerprint density at radius 1 is 1.19 bits per heavy atom. The molecule has 2 aromatic rings. The first-order valence-corrected chi connectivity index (χ1v) is 6.97. The van der Waals surface area contributed by atoms with Crippen LogP contribution in [0.3, 0.4) is 0 Å². The Balaban J connectivity index is 1.97. The third kappa shape index (κ3) is 2.75. The zero-order valence-electron chi connectivity index (χ0n) is 11.4. The van der Waals surface area contributed by atoms with Crippen LogP contribution in [0.15, 0.2) is 30.5 Å². The van der Waals surface area contributed by atoms with Gasteiger partial charge in [0.05, 0.1) is 17.3 Å². The quantitative estimate of drug-likeness (QED) is 0.899. The van der Waals surface area contributed by atoms with Gasteiger partial charge in [-0.05, 0) is 25.0 Å². The summed E-state index contributed by atoms with van der Waals surface area (Å²) in [7, 11) is 0. The van der Waals surface area contributed by atoms with E-state index in [-0.39, 0.29) is 0 Å². The summed E-state index contributed by atoms with van der Waals surface area (Å²) in [5, 5.41) is 4.41. The number of halogens is 3. The summed E-state index contributed by atoms with van der Waals surface area (Å²) in [5.74, 6) is 0. The van der Waals surface area contributed by atoms with Crippen LogP contribution < -0.4 is 5.73 Å². The van der Waals surface area contributed by atoms with E-state index in [1.165, 1.54) is 6.07 Å². The summed E-state index contributed by atoms with van der Waals surface area (Å²) < 4.78 is 40.1. The molecule has 1 aliphatic carbocycles. The number of hydrogen-bond acceptors (Lipinski definition) is 2. The van der Waals surface area contributed by atoms with Gasteiger partial charge in [-0.25, -0.2) is 0 Å². The van der Waals surface area contributed by atoms with Gasteiger partial charge in [-0.15, -0.1) is 0 Å². The lowest BCUT2D eigenvalue weighted by Crippen LogP contribution is -2.06. The third-order valence-electron chi connectivity index (χ3n) is 3.92. The van der Waals surface area contributed by atoms with Gasteiger partial charge in [0, 0.05) is 11.8 Å². The number of nitrogen functional groups attached to an aromatic ring is 1. The fourth-order valence-corrected chi connectivity index (χ4v) is 2.83. The number of aromatic nitrogens is 2. The largest absolute Gasteiger partial charge is 0.416 e. The molecule has 112 valence electrons. The first-order valence-electron chi connectivity index (χ1n) is 6.97. The van der Waals surface area contributed by atoms with Crippen LogP contribution in [0.4, 0.5) is 18.9 Å². The van der Waals surface area contributed by atoms with E-state index in [2.05, 4.69) is 5.10 Å². The summed E-state index contributed by atoms with van der Waals surface area (Å²) in [6.07, 6.45) is 1.77. The summed E-state index contributed by atoms with van der Waals surface area (Å²) >= 11 is 0. The zero-order valence-corrected chi connectivity index (χ0v) is 11.4. The highest BCUT2D eigenvalue weighted by molar-refractivity contribution is 5.72. The molecule has 0 bridgehead atoms. The highest BCUT2D eigenvalue weighted by Crippen LogP contribution is 2.35. The Hall–Kier alpha value is -1.98. The van der Waals surface area contributed by atoms with Gasteiger partial charge in [-0.3, -0.25) is 4.68 Å². The molecule has 1 aromatic heterocycles. The second-order valence-electron chi connectivity index (χ2n) is 5.43. The van der Waals surface area contributed by atoms with Gasteiger partial charge in [0.25, 0.3) is 0 Å². The third-order valence-corrected chi connectivity index (χ3v) is 3.92. The number of alkyl halides is 3. The lowest BCUT2D eigenvalue weighted by atomic mass is 10.1. The van der Waals surface area contributed by atoms with Crippen molar-refractivity contribution >= 4 is 5.69 Å². The highest BCUT2D eigenvalue weighted by Gasteiger charge is 2.31. The fourth-order valence-electron chi connectivity index (χ4n) is 2.83. The second kappa shape index (κ2) is 5.09. The lowest BCUT2D eigenvalue weighted by molar-refractivity contribution is -0.137. The standard InChI is InChI=1S/C15H16F3N3/c16-15(17,18)11-5-3-4-10(8-11)14-13(19)9-21(20-14)12-6-1-2-7-12/h3-5,8-9,12H,1-2,6-7,19H2. The lowest BCUT2D eigenvalue weighted by Gasteiger charge is -2.09. The Bertz CT molecular complexity index is 640. The maximum atomic E-state index is 12.8. The first-order chi connectivity index (χ1) is 9.95. The van der Waals surface area contributed by atoms with E-state index in [9.17, 15) is 13.2 Å². The Morgan fingerprint density at radius 2 is 1.90 bits per heavy atom. The van der Waals surface area contributed by atoms with Crippen molar-refractivity contribution in [2.24, 2.45) is 0 Å². The van der Waals surface area contributed by atoms with Gasteiger partial charge in [0.1, 0.15) is 5.69 Å². The molecule has 3 rings (SSSR count). The summed E-state index contributed by atoms with van der Waals surface area (Å²) in [6, 6.07) is 5.44. The number of benzene rings is 1. The van der Waals surface area contributed by atoms with Crippen molar-refractivity contribution in [3.8, 4) is 11.3 Å². The van der Waals surface area contributed by atoms with Crippen LogP contribution in [0, 0.1) is 0 Å². The van der Waals surface area contributed by atoms with E-state index in [0.29, 0.717) is 23.0 Å². The predicted octanol–water partition coefficient (Wildman–Crippen LogP) is 4.27. The molecule has 0 unspecified atom stereocenters. The summed E-state index contributed by atoms with van der Waals surface area (Å²) in [5.41, 5.74) is 6.49. The van der Waals surface area contributed by atoms with Crippen molar-refractivity contribution in [2.45, 2.75) is 37.9 Å². The first kappa shape index (κ1) is 14.0. The molecule has 1 fully saturated rings. The number of nitrogens with two attached hydrogens (primary N) is 1. The van der Waals surface area contributed by atoms with E-state index >= 15 is 0 Å². The second-order valence-corrected chi connectivity index (χ2v) is 5.43. The predicted molar refractivity (Wildman–Crippen MR) is 74.6 cm³/mol. The molecule has 0 atom stereocenters. The normalized spacial score (nSPS) is 16.5. The van der Waals surface area contributed by atoms with E-state index in [0.717, 1.165) is 37.8 Å². The van der Waals surface area contributed by atoms with E-state index < -0.39 is 11.7 Å². The van der Waals surface area contributed by atoms with Crippen LogP contribution in [0.25, 0.3) is 11.3 Å². The number of hydrogen-bond donors (Lipinski definition) is 1. The van der Waals surface area contributed by atoms with Crippen molar-refractivity contribution in [1.82, 2.24) is 9.78 Å². The Kier molecular flexibility index (Phi) is 3.39. The minimum Gasteiger partial charge on any atom is -0.396 e. The van der Waals surface area contributed by atoms with Crippen LogP contribution in [-0.4, -0.2) is 9.78 Å². The molecule has 1 saturated carbocycles. The van der Waals surface area contributed by atoms with Gasteiger partial charge in [0.15, 0.2) is 0 Å². The molecule has 6 heteroatoms. The van der Waals surface area contributed by atoms with Crippen molar-refractivity contribution < 1.29 is 13.2 Å². The van der Waals surface area contributed by atoms with Crippen LogP contribution in [-0.2, 0) is 6.18 Å². The van der Waals surface area contributed by atoms with Crippen LogP contribution in [0.5, 0.6) is 0 Å². The molecule has 0 aliphatic heterocycles. The van der Waals surface area contributed by atoms with Gasteiger partial charge < -0.3 is 5.73 Å². The van der Waals surface area contributed by atoms with E-state index in [1.54, 1.807) is 16.9 Å². The highest BCUT2D eigenvalue weighted by atomic mass is 19.4. The minimum atomic E-state index is -4.36. The Labute approximate surface area is 120 Å². The molecule has 1 aromatic carbocycles. The van der Waals surface area contributed by atoms with Crippen molar-refractivity contribution in [1.29, 1.82) is 0 Å². The molecule has 3 nitrogen and oxygen atoms in total. The van der Waals surface area contributed by atoms with Crippen LogP contribution in [0.2, 0.25) is 0 Å². The summed E-state index contributed by atoms with van der Waals surface area (Å²) in [6.45, 7) is 0. The molecule has 0 saturated heterocycles. The molecular weight excluding hydrogens is 279 g/mol. The van der Waals surface area contributed by atoms with Gasteiger partial charge in [-0.2, -0.15) is 18.3 Å². The minimum absolute atomic E-state index is 0.312. The molecule has 1 heterocycles. The molecule has 0 radical (unpaired) electrons. The molecular formula is C15H16F3N3. The van der Waals surface area contributed by atoms with Crippen molar-refractivity contribution in [2.75, 3.05) is 5.73 Å². The molecule has 0 spiro atoms. The average molecular weight is 295 g/mol. The Morgan fingerprint density at radius 3 is 2.57 bits per heavy atom. The fraction of sp³-hybridized carbons (Fsp3) is 0.400. The number of anilines is 1. The van der Waals surface area contributed by atoms with Crippen molar-refractivity contribution in [3.63, 3.8) is 0 Å². The molecule has 0 amide bonds.